The lowest BCUT2D eigenvalue weighted by atomic mass is 10.2. The van der Waals surface area contributed by atoms with Crippen LogP contribution < -0.4 is 4.90 Å². The molecule has 1 rings (SSSR count). The average molecular weight is 318 g/mol. The second-order valence-corrected chi connectivity index (χ2v) is 5.04. The highest BCUT2D eigenvalue weighted by atomic mass is 35.5. The Bertz CT molecular complexity index is 471. The van der Waals surface area contributed by atoms with Gasteiger partial charge >= 0.3 is 5.97 Å². The van der Waals surface area contributed by atoms with Crippen LogP contribution in [0.2, 0.25) is 10.0 Å². The molecule has 0 N–H and O–H groups in total. The Morgan fingerprint density at radius 3 is 2.25 bits per heavy atom. The molecule has 0 heterocycles. The first-order valence-electron chi connectivity index (χ1n) is 6.34. The molecule has 0 aliphatic rings. The van der Waals surface area contributed by atoms with Crippen molar-refractivity contribution in [3.63, 3.8) is 0 Å². The molecular formula is C14H17Cl2NO3. The predicted molar refractivity (Wildman–Crippen MR) is 80.6 cm³/mol. The SMILES string of the molecule is CCOC(=O)CC(=O)CN(CC)c1cc(Cl)cc(Cl)c1. The van der Waals surface area contributed by atoms with Crippen LogP contribution in [0.4, 0.5) is 5.69 Å². The lowest BCUT2D eigenvalue weighted by molar-refractivity contribution is -0.145. The third-order valence-electron chi connectivity index (χ3n) is 2.61. The van der Waals surface area contributed by atoms with Gasteiger partial charge in [0.15, 0.2) is 5.78 Å². The van der Waals surface area contributed by atoms with Crippen molar-refractivity contribution in [1.82, 2.24) is 0 Å². The van der Waals surface area contributed by atoms with Gasteiger partial charge < -0.3 is 9.64 Å². The van der Waals surface area contributed by atoms with Crippen LogP contribution in [0.5, 0.6) is 0 Å². The van der Waals surface area contributed by atoms with Gasteiger partial charge in [-0.3, -0.25) is 9.59 Å². The molecule has 6 heteroatoms. The van der Waals surface area contributed by atoms with Crippen LogP contribution in [0, 0.1) is 0 Å². The summed E-state index contributed by atoms with van der Waals surface area (Å²) in [5.41, 5.74) is 0.752. The van der Waals surface area contributed by atoms with Crippen LogP contribution >= 0.6 is 23.2 Å². The van der Waals surface area contributed by atoms with Gasteiger partial charge in [-0.15, -0.1) is 0 Å². The predicted octanol–water partition coefficient (Wildman–Crippen LogP) is 3.34. The highest BCUT2D eigenvalue weighted by molar-refractivity contribution is 6.35. The molecule has 110 valence electrons. The molecular weight excluding hydrogens is 301 g/mol. The summed E-state index contributed by atoms with van der Waals surface area (Å²) in [6.45, 7) is 4.60. The molecule has 1 aromatic rings. The number of likely N-dealkylation sites (N-methyl/N-ethyl adjacent to an activating group) is 1. The van der Waals surface area contributed by atoms with E-state index < -0.39 is 5.97 Å². The molecule has 0 atom stereocenters. The van der Waals surface area contributed by atoms with E-state index in [1.54, 1.807) is 30.0 Å². The number of hydrogen-bond donors (Lipinski definition) is 0. The van der Waals surface area contributed by atoms with Crippen molar-refractivity contribution in [2.24, 2.45) is 0 Å². The zero-order valence-corrected chi connectivity index (χ0v) is 13.0. The van der Waals surface area contributed by atoms with E-state index in [-0.39, 0.29) is 25.4 Å². The maximum absolute atomic E-state index is 11.8. The third kappa shape index (κ3) is 5.39. The quantitative estimate of drug-likeness (QED) is 0.571. The largest absolute Gasteiger partial charge is 0.466 e. The molecule has 0 saturated heterocycles. The first-order valence-corrected chi connectivity index (χ1v) is 7.10. The first kappa shape index (κ1) is 16.8. The van der Waals surface area contributed by atoms with E-state index in [9.17, 15) is 9.59 Å². The smallest absolute Gasteiger partial charge is 0.313 e. The summed E-state index contributed by atoms with van der Waals surface area (Å²) in [4.78, 5) is 24.9. The Morgan fingerprint density at radius 1 is 1.15 bits per heavy atom. The number of anilines is 1. The fraction of sp³-hybridized carbons (Fsp3) is 0.429. The lowest BCUT2D eigenvalue weighted by Crippen LogP contribution is -2.31. The van der Waals surface area contributed by atoms with Crippen LogP contribution in [0.25, 0.3) is 0 Å². The van der Waals surface area contributed by atoms with Gasteiger partial charge in [0.25, 0.3) is 0 Å². The molecule has 0 aliphatic carbocycles. The number of esters is 1. The van der Waals surface area contributed by atoms with Gasteiger partial charge in [-0.25, -0.2) is 0 Å². The zero-order chi connectivity index (χ0) is 15.1. The molecule has 0 unspecified atom stereocenters. The summed E-state index contributed by atoms with van der Waals surface area (Å²) in [6, 6.07) is 5.09. The van der Waals surface area contributed by atoms with Crippen molar-refractivity contribution in [2.45, 2.75) is 20.3 Å². The number of halogens is 2. The fourth-order valence-electron chi connectivity index (χ4n) is 1.75. The normalized spacial score (nSPS) is 10.2. The monoisotopic (exact) mass is 317 g/mol. The van der Waals surface area contributed by atoms with Crippen molar-refractivity contribution in [1.29, 1.82) is 0 Å². The van der Waals surface area contributed by atoms with Crippen molar-refractivity contribution < 1.29 is 14.3 Å². The first-order chi connectivity index (χ1) is 9.46. The van der Waals surface area contributed by atoms with E-state index >= 15 is 0 Å². The second kappa shape index (κ2) is 8.12. The second-order valence-electron chi connectivity index (χ2n) is 4.16. The van der Waals surface area contributed by atoms with Crippen LogP contribution in [0.15, 0.2) is 18.2 Å². The van der Waals surface area contributed by atoms with E-state index in [4.69, 9.17) is 27.9 Å². The number of carbonyl (C=O) groups excluding carboxylic acids is 2. The van der Waals surface area contributed by atoms with Gasteiger partial charge in [0, 0.05) is 22.3 Å². The van der Waals surface area contributed by atoms with Crippen LogP contribution in [0.3, 0.4) is 0 Å². The Labute approximate surface area is 128 Å². The third-order valence-corrected chi connectivity index (χ3v) is 3.04. The number of ether oxygens (including phenoxy) is 1. The number of hydrogen-bond acceptors (Lipinski definition) is 4. The Balaban J connectivity index is 2.71. The van der Waals surface area contributed by atoms with Gasteiger partial charge in [-0.2, -0.15) is 0 Å². The van der Waals surface area contributed by atoms with E-state index in [0.29, 0.717) is 16.6 Å². The molecule has 0 radical (unpaired) electrons. The summed E-state index contributed by atoms with van der Waals surface area (Å²) in [5, 5.41) is 1.01. The molecule has 4 nitrogen and oxygen atoms in total. The fourth-order valence-corrected chi connectivity index (χ4v) is 2.26. The summed E-state index contributed by atoms with van der Waals surface area (Å²) in [7, 11) is 0. The minimum Gasteiger partial charge on any atom is -0.466 e. The van der Waals surface area contributed by atoms with Crippen LogP contribution in [0.1, 0.15) is 20.3 Å². The number of ketones is 1. The summed E-state index contributed by atoms with van der Waals surface area (Å²) in [6.07, 6.45) is -0.224. The molecule has 0 saturated carbocycles. The van der Waals surface area contributed by atoms with Gasteiger partial charge in [0.2, 0.25) is 0 Å². The lowest BCUT2D eigenvalue weighted by Gasteiger charge is -2.22. The molecule has 0 bridgehead atoms. The average Bonchev–Trinajstić information content (AvgIpc) is 2.34. The molecule has 0 aromatic heterocycles. The van der Waals surface area contributed by atoms with Gasteiger partial charge in [0.05, 0.1) is 13.2 Å². The van der Waals surface area contributed by atoms with Gasteiger partial charge in [-0.1, -0.05) is 23.2 Å². The van der Waals surface area contributed by atoms with Crippen LogP contribution in [-0.4, -0.2) is 31.4 Å². The number of Topliss-reactive ketones (excluding diaryl/α,β-unsaturated/α-hetero) is 1. The molecule has 1 aromatic carbocycles. The highest BCUT2D eigenvalue weighted by Crippen LogP contribution is 2.25. The topological polar surface area (TPSA) is 46.6 Å². The zero-order valence-electron chi connectivity index (χ0n) is 11.5. The van der Waals surface area contributed by atoms with Crippen LogP contribution in [-0.2, 0) is 14.3 Å². The molecule has 0 aliphatic heterocycles. The molecule has 0 spiro atoms. The number of benzene rings is 1. The maximum Gasteiger partial charge on any atom is 0.313 e. The summed E-state index contributed by atoms with van der Waals surface area (Å²) in [5.74, 6) is -0.709. The Hall–Kier alpha value is -1.26. The highest BCUT2D eigenvalue weighted by Gasteiger charge is 2.15. The van der Waals surface area contributed by atoms with Crippen molar-refractivity contribution >= 4 is 40.6 Å². The Morgan fingerprint density at radius 2 is 1.75 bits per heavy atom. The molecule has 0 fully saturated rings. The van der Waals surface area contributed by atoms with E-state index in [0.717, 1.165) is 5.69 Å². The molecule has 20 heavy (non-hydrogen) atoms. The van der Waals surface area contributed by atoms with E-state index in [1.807, 2.05) is 6.92 Å². The summed E-state index contributed by atoms with van der Waals surface area (Å²) >= 11 is 11.9. The molecule has 0 amide bonds. The van der Waals surface area contributed by atoms with Crippen molar-refractivity contribution in [3.05, 3.63) is 28.2 Å². The number of nitrogens with zero attached hydrogens (tertiary/aromatic N) is 1. The Kier molecular flexibility index (Phi) is 6.82. The minimum absolute atomic E-state index is 0.117. The van der Waals surface area contributed by atoms with Crippen molar-refractivity contribution in [2.75, 3.05) is 24.6 Å². The van der Waals surface area contributed by atoms with Gasteiger partial charge in [-0.05, 0) is 32.0 Å². The minimum atomic E-state index is -0.502. The number of rotatable bonds is 7. The summed E-state index contributed by atoms with van der Waals surface area (Å²) < 4.78 is 4.75. The maximum atomic E-state index is 11.8. The van der Waals surface area contributed by atoms with Crippen molar-refractivity contribution in [3.8, 4) is 0 Å². The number of carbonyl (C=O) groups is 2. The van der Waals surface area contributed by atoms with E-state index in [1.165, 1.54) is 0 Å². The van der Waals surface area contributed by atoms with E-state index in [2.05, 4.69) is 0 Å². The standard InChI is InChI=1S/C14H17Cl2NO3/c1-3-17(9-13(18)8-14(19)20-4-2)12-6-10(15)5-11(16)7-12/h5-7H,3-4,8-9H2,1-2H3. The van der Waals surface area contributed by atoms with Gasteiger partial charge in [0.1, 0.15) is 6.42 Å².